The molecule has 4 aromatic carbocycles. The molecule has 0 atom stereocenters. The van der Waals surface area contributed by atoms with Crippen molar-refractivity contribution in [3.05, 3.63) is 103 Å². The number of hydrogen-bond acceptors (Lipinski definition) is 2. The Morgan fingerprint density at radius 2 is 1.42 bits per heavy atom. The van der Waals surface area contributed by atoms with Crippen molar-refractivity contribution in [1.29, 1.82) is 0 Å². The van der Waals surface area contributed by atoms with Crippen molar-refractivity contribution in [2.75, 3.05) is 0 Å². The van der Waals surface area contributed by atoms with Crippen LogP contribution in [0.15, 0.2) is 97.1 Å². The second kappa shape index (κ2) is 7.18. The third-order valence-electron chi connectivity index (χ3n) is 5.51. The molecule has 6 rings (SSSR count). The summed E-state index contributed by atoms with van der Waals surface area (Å²) in [4.78, 5) is 8.36. The highest BCUT2D eigenvalue weighted by molar-refractivity contribution is 7.25. The Labute approximate surface area is 182 Å². The van der Waals surface area contributed by atoms with Gasteiger partial charge in [-0.05, 0) is 30.3 Å². The van der Waals surface area contributed by atoms with E-state index in [9.17, 15) is 4.39 Å². The Hall–Kier alpha value is -3.76. The SMILES string of the molecule is Fc1cccc(-c2nc(-c3ccc4sc5ccccc5c4c3)c(-c3ccccc3)[nH]2)c1. The number of halogens is 1. The van der Waals surface area contributed by atoms with E-state index in [1.807, 2.05) is 24.3 Å². The topological polar surface area (TPSA) is 28.7 Å². The molecule has 6 aromatic rings. The van der Waals surface area contributed by atoms with E-state index in [1.54, 1.807) is 17.4 Å². The Balaban J connectivity index is 1.59. The van der Waals surface area contributed by atoms with Crippen molar-refractivity contribution in [1.82, 2.24) is 9.97 Å². The predicted octanol–water partition coefficient (Wildman–Crippen LogP) is 7.92. The van der Waals surface area contributed by atoms with Gasteiger partial charge in [0.1, 0.15) is 11.6 Å². The maximum absolute atomic E-state index is 13.9. The Morgan fingerprint density at radius 1 is 0.645 bits per heavy atom. The zero-order valence-electron chi connectivity index (χ0n) is 16.5. The molecule has 0 aliphatic rings. The van der Waals surface area contributed by atoms with Gasteiger partial charge in [0.25, 0.3) is 0 Å². The lowest BCUT2D eigenvalue weighted by Gasteiger charge is -2.04. The smallest absolute Gasteiger partial charge is 0.138 e. The van der Waals surface area contributed by atoms with Gasteiger partial charge in [0.2, 0.25) is 0 Å². The molecule has 148 valence electrons. The van der Waals surface area contributed by atoms with Gasteiger partial charge < -0.3 is 4.98 Å². The lowest BCUT2D eigenvalue weighted by atomic mass is 10.0. The molecule has 4 heteroatoms. The molecule has 0 bridgehead atoms. The largest absolute Gasteiger partial charge is 0.337 e. The van der Waals surface area contributed by atoms with Crippen molar-refractivity contribution < 1.29 is 4.39 Å². The maximum Gasteiger partial charge on any atom is 0.138 e. The normalized spacial score (nSPS) is 11.4. The molecule has 0 saturated heterocycles. The van der Waals surface area contributed by atoms with Crippen LogP contribution in [0.5, 0.6) is 0 Å². The van der Waals surface area contributed by atoms with E-state index >= 15 is 0 Å². The fourth-order valence-corrected chi connectivity index (χ4v) is 5.13. The Bertz CT molecular complexity index is 1550. The number of thiophene rings is 1. The summed E-state index contributed by atoms with van der Waals surface area (Å²) < 4.78 is 16.4. The van der Waals surface area contributed by atoms with Crippen LogP contribution in [0.4, 0.5) is 4.39 Å². The van der Waals surface area contributed by atoms with E-state index in [-0.39, 0.29) is 5.82 Å². The van der Waals surface area contributed by atoms with Crippen LogP contribution < -0.4 is 0 Å². The summed E-state index contributed by atoms with van der Waals surface area (Å²) in [6.45, 7) is 0. The average Bonchev–Trinajstić information content (AvgIpc) is 3.41. The van der Waals surface area contributed by atoms with Gasteiger partial charge in [-0.15, -0.1) is 11.3 Å². The van der Waals surface area contributed by atoms with E-state index in [1.165, 1.54) is 32.3 Å². The average molecular weight is 421 g/mol. The summed E-state index contributed by atoms with van der Waals surface area (Å²) in [6.07, 6.45) is 0. The van der Waals surface area contributed by atoms with Crippen LogP contribution >= 0.6 is 11.3 Å². The highest BCUT2D eigenvalue weighted by Crippen LogP contribution is 2.39. The van der Waals surface area contributed by atoms with Gasteiger partial charge in [-0.3, -0.25) is 0 Å². The fourth-order valence-electron chi connectivity index (χ4n) is 4.04. The number of fused-ring (bicyclic) bond motifs is 3. The number of aromatic amines is 1. The number of H-pyrrole nitrogens is 1. The first kappa shape index (κ1) is 18.0. The molecule has 0 amide bonds. The highest BCUT2D eigenvalue weighted by atomic mass is 32.1. The first-order valence-corrected chi connectivity index (χ1v) is 10.9. The molecule has 2 aromatic heterocycles. The van der Waals surface area contributed by atoms with Crippen molar-refractivity contribution in [3.63, 3.8) is 0 Å². The summed E-state index contributed by atoms with van der Waals surface area (Å²) in [5.41, 5.74) is 4.60. The molecule has 2 nitrogen and oxygen atoms in total. The van der Waals surface area contributed by atoms with Crippen molar-refractivity contribution in [3.8, 4) is 33.9 Å². The minimum Gasteiger partial charge on any atom is -0.337 e. The molecule has 0 radical (unpaired) electrons. The van der Waals surface area contributed by atoms with E-state index in [0.29, 0.717) is 5.82 Å². The first-order chi connectivity index (χ1) is 15.3. The monoisotopic (exact) mass is 420 g/mol. The number of nitrogens with one attached hydrogen (secondary N) is 1. The van der Waals surface area contributed by atoms with Gasteiger partial charge in [0, 0.05) is 36.9 Å². The summed E-state index contributed by atoms with van der Waals surface area (Å²) >= 11 is 1.80. The number of benzene rings is 4. The van der Waals surface area contributed by atoms with E-state index in [4.69, 9.17) is 4.98 Å². The molecule has 0 aliphatic carbocycles. The van der Waals surface area contributed by atoms with E-state index < -0.39 is 0 Å². The first-order valence-electron chi connectivity index (χ1n) is 10.1. The predicted molar refractivity (Wildman–Crippen MR) is 128 cm³/mol. The summed E-state index contributed by atoms with van der Waals surface area (Å²) in [5, 5.41) is 2.49. The minimum atomic E-state index is -0.275. The molecule has 31 heavy (non-hydrogen) atoms. The lowest BCUT2D eigenvalue weighted by molar-refractivity contribution is 0.628. The quantitative estimate of drug-likeness (QED) is 0.309. The standard InChI is InChI=1S/C27H17FN2S/c28-20-10-6-9-19(15-20)27-29-25(17-7-2-1-3-8-17)26(30-27)18-13-14-24-22(16-18)21-11-4-5-12-23(21)31-24/h1-16H,(H,29,30). The van der Waals surface area contributed by atoms with Gasteiger partial charge in [0.05, 0.1) is 11.4 Å². The number of nitrogens with zero attached hydrogens (tertiary/aromatic N) is 1. The molecule has 0 fully saturated rings. The Kier molecular flexibility index (Phi) is 4.18. The van der Waals surface area contributed by atoms with Crippen LogP contribution in [0.25, 0.3) is 54.1 Å². The van der Waals surface area contributed by atoms with Crippen LogP contribution in [0, 0.1) is 5.82 Å². The molecule has 1 N–H and O–H groups in total. The fraction of sp³-hybridized carbons (Fsp3) is 0. The van der Waals surface area contributed by atoms with Gasteiger partial charge in [-0.25, -0.2) is 9.37 Å². The second-order valence-electron chi connectivity index (χ2n) is 7.49. The third kappa shape index (κ3) is 3.13. The summed E-state index contributed by atoms with van der Waals surface area (Å²) in [6, 6.07) is 31.6. The summed E-state index contributed by atoms with van der Waals surface area (Å²) in [5.74, 6) is 0.381. The molecule has 0 aliphatic heterocycles. The number of imidazole rings is 1. The highest BCUT2D eigenvalue weighted by Gasteiger charge is 2.17. The van der Waals surface area contributed by atoms with Crippen molar-refractivity contribution in [2.24, 2.45) is 0 Å². The van der Waals surface area contributed by atoms with Crippen LogP contribution in [-0.2, 0) is 0 Å². The van der Waals surface area contributed by atoms with Crippen LogP contribution in [0.1, 0.15) is 0 Å². The summed E-state index contributed by atoms with van der Waals surface area (Å²) in [7, 11) is 0. The maximum atomic E-state index is 13.9. The molecule has 0 spiro atoms. The molecule has 0 unspecified atom stereocenters. The molecule has 0 saturated carbocycles. The van der Waals surface area contributed by atoms with Gasteiger partial charge >= 0.3 is 0 Å². The van der Waals surface area contributed by atoms with Crippen LogP contribution in [0.3, 0.4) is 0 Å². The van der Waals surface area contributed by atoms with Crippen LogP contribution in [-0.4, -0.2) is 9.97 Å². The number of aromatic nitrogens is 2. The zero-order chi connectivity index (χ0) is 20.8. The molecule has 2 heterocycles. The third-order valence-corrected chi connectivity index (χ3v) is 6.67. The van der Waals surface area contributed by atoms with Crippen molar-refractivity contribution in [2.45, 2.75) is 0 Å². The van der Waals surface area contributed by atoms with Gasteiger partial charge in [-0.2, -0.15) is 0 Å². The second-order valence-corrected chi connectivity index (χ2v) is 8.58. The zero-order valence-corrected chi connectivity index (χ0v) is 17.3. The lowest BCUT2D eigenvalue weighted by Crippen LogP contribution is -1.83. The number of hydrogen-bond donors (Lipinski definition) is 1. The van der Waals surface area contributed by atoms with E-state index in [2.05, 4.69) is 59.6 Å². The number of rotatable bonds is 3. The minimum absolute atomic E-state index is 0.275. The molecular weight excluding hydrogens is 403 g/mol. The van der Waals surface area contributed by atoms with Gasteiger partial charge in [-0.1, -0.05) is 66.7 Å². The van der Waals surface area contributed by atoms with E-state index in [0.717, 1.165) is 28.1 Å². The van der Waals surface area contributed by atoms with Crippen molar-refractivity contribution >= 4 is 31.5 Å². The van der Waals surface area contributed by atoms with Gasteiger partial charge in [0.15, 0.2) is 0 Å². The molecular formula is C27H17FN2S. The van der Waals surface area contributed by atoms with Crippen LogP contribution in [0.2, 0.25) is 0 Å². The Morgan fingerprint density at radius 3 is 2.29 bits per heavy atom.